The summed E-state index contributed by atoms with van der Waals surface area (Å²) in [5.41, 5.74) is 3.13. The van der Waals surface area contributed by atoms with Crippen molar-refractivity contribution in [3.63, 3.8) is 0 Å². The molecule has 0 spiro atoms. The number of nitrogens with zero attached hydrogens (tertiary/aromatic N) is 3. The molecule has 1 atom stereocenters. The second-order valence-corrected chi connectivity index (χ2v) is 6.50. The molecule has 0 radical (unpaired) electrons. The number of carbonyl (C=O) groups is 2. The average Bonchev–Trinajstić information content (AvgIpc) is 3.09. The molecule has 0 aliphatic carbocycles. The van der Waals surface area contributed by atoms with Crippen molar-refractivity contribution in [2.75, 3.05) is 5.32 Å². The Balaban J connectivity index is 1.41. The fourth-order valence-electron chi connectivity index (χ4n) is 3.13. The molecule has 0 bridgehead atoms. The van der Waals surface area contributed by atoms with Crippen LogP contribution in [0.3, 0.4) is 0 Å². The number of anilines is 1. The first-order valence-corrected chi connectivity index (χ1v) is 8.83. The van der Waals surface area contributed by atoms with Gasteiger partial charge in [0.2, 0.25) is 5.91 Å². The van der Waals surface area contributed by atoms with E-state index in [0.29, 0.717) is 19.4 Å². The topological polar surface area (TPSA) is 88.9 Å². The zero-order chi connectivity index (χ0) is 18.6. The third-order valence-electron chi connectivity index (χ3n) is 4.56. The predicted octanol–water partition coefficient (Wildman–Crippen LogP) is 2.01. The van der Waals surface area contributed by atoms with E-state index in [0.717, 1.165) is 16.8 Å². The van der Waals surface area contributed by atoms with Gasteiger partial charge in [-0.05, 0) is 30.0 Å². The smallest absolute Gasteiger partial charge is 0.274 e. The normalized spacial score (nSPS) is 16.1. The van der Waals surface area contributed by atoms with E-state index in [1.54, 1.807) is 10.9 Å². The van der Waals surface area contributed by atoms with Crippen LogP contribution in [0.4, 0.5) is 5.69 Å². The summed E-state index contributed by atoms with van der Waals surface area (Å²) in [6.45, 7) is 0.528. The monoisotopic (exact) mass is 361 g/mol. The lowest BCUT2D eigenvalue weighted by Gasteiger charge is -2.14. The van der Waals surface area contributed by atoms with Crippen LogP contribution in [0.2, 0.25) is 0 Å². The van der Waals surface area contributed by atoms with E-state index in [1.165, 1.54) is 0 Å². The highest BCUT2D eigenvalue weighted by Gasteiger charge is 2.26. The van der Waals surface area contributed by atoms with Crippen molar-refractivity contribution in [3.8, 4) is 0 Å². The van der Waals surface area contributed by atoms with E-state index in [1.807, 2.05) is 54.6 Å². The molecular formula is C20H19N5O2. The molecule has 7 heteroatoms. The van der Waals surface area contributed by atoms with Crippen molar-refractivity contribution in [2.45, 2.75) is 25.4 Å². The molecule has 2 heterocycles. The minimum absolute atomic E-state index is 0.195. The van der Waals surface area contributed by atoms with Crippen LogP contribution in [0.1, 0.15) is 28.0 Å². The number of para-hydroxylation sites is 1. The lowest BCUT2D eigenvalue weighted by molar-refractivity contribution is -0.118. The van der Waals surface area contributed by atoms with E-state index in [9.17, 15) is 9.59 Å². The molecule has 4 rings (SSSR count). The van der Waals surface area contributed by atoms with Gasteiger partial charge in [-0.1, -0.05) is 53.7 Å². The molecule has 2 amide bonds. The van der Waals surface area contributed by atoms with Crippen molar-refractivity contribution >= 4 is 17.5 Å². The number of nitrogens with one attached hydrogen (secondary N) is 2. The summed E-state index contributed by atoms with van der Waals surface area (Å²) in [5, 5.41) is 13.6. The fourth-order valence-corrected chi connectivity index (χ4v) is 3.13. The SMILES string of the molecule is O=C(N[C@H]1CCc2ccccc2NC1=O)c1cn(Cc2ccccc2)nn1. The lowest BCUT2D eigenvalue weighted by Crippen LogP contribution is -2.43. The maximum atomic E-state index is 12.5. The number of rotatable bonds is 4. The standard InChI is InChI=1S/C20H19N5O2/c26-19-17(11-10-15-8-4-5-9-16(15)21-19)22-20(27)18-13-25(24-23-18)12-14-6-2-1-3-7-14/h1-9,13,17H,10-12H2,(H,21,26)(H,22,27)/t17-/m0/s1. The first-order chi connectivity index (χ1) is 13.2. The van der Waals surface area contributed by atoms with Crippen LogP contribution in [0, 0.1) is 0 Å². The molecule has 0 fully saturated rings. The Morgan fingerprint density at radius 1 is 1.15 bits per heavy atom. The van der Waals surface area contributed by atoms with Gasteiger partial charge < -0.3 is 10.6 Å². The Morgan fingerprint density at radius 2 is 1.93 bits per heavy atom. The zero-order valence-corrected chi connectivity index (χ0v) is 14.6. The summed E-state index contributed by atoms with van der Waals surface area (Å²) in [7, 11) is 0. The van der Waals surface area contributed by atoms with Gasteiger partial charge in [-0.15, -0.1) is 5.10 Å². The third-order valence-corrected chi connectivity index (χ3v) is 4.56. The quantitative estimate of drug-likeness (QED) is 0.744. The van der Waals surface area contributed by atoms with Gasteiger partial charge in [0.15, 0.2) is 5.69 Å². The Labute approximate surface area is 156 Å². The number of hydrogen-bond acceptors (Lipinski definition) is 4. The van der Waals surface area contributed by atoms with Crippen LogP contribution in [-0.4, -0.2) is 32.9 Å². The van der Waals surface area contributed by atoms with E-state index in [4.69, 9.17) is 0 Å². The van der Waals surface area contributed by atoms with Crippen molar-refractivity contribution in [1.82, 2.24) is 20.3 Å². The summed E-state index contributed by atoms with van der Waals surface area (Å²) < 4.78 is 1.60. The molecule has 1 aliphatic rings. The Bertz CT molecular complexity index is 967. The molecule has 1 aromatic heterocycles. The maximum absolute atomic E-state index is 12.5. The number of hydrogen-bond donors (Lipinski definition) is 2. The van der Waals surface area contributed by atoms with Crippen LogP contribution >= 0.6 is 0 Å². The molecule has 27 heavy (non-hydrogen) atoms. The molecule has 7 nitrogen and oxygen atoms in total. The van der Waals surface area contributed by atoms with Gasteiger partial charge in [0, 0.05) is 5.69 Å². The molecule has 1 aliphatic heterocycles. The molecule has 2 N–H and O–H groups in total. The summed E-state index contributed by atoms with van der Waals surface area (Å²) >= 11 is 0. The molecule has 136 valence electrons. The number of carbonyl (C=O) groups excluding carboxylic acids is 2. The first-order valence-electron chi connectivity index (χ1n) is 8.83. The van der Waals surface area contributed by atoms with Gasteiger partial charge in [0.1, 0.15) is 6.04 Å². The summed E-state index contributed by atoms with van der Waals surface area (Å²) in [6.07, 6.45) is 2.83. The van der Waals surface area contributed by atoms with E-state index >= 15 is 0 Å². The Hall–Kier alpha value is -3.48. The van der Waals surface area contributed by atoms with E-state index < -0.39 is 11.9 Å². The highest BCUT2D eigenvalue weighted by atomic mass is 16.2. The van der Waals surface area contributed by atoms with Crippen LogP contribution in [0.15, 0.2) is 60.8 Å². The number of benzene rings is 2. The Kier molecular flexibility index (Phi) is 4.65. The third kappa shape index (κ3) is 3.87. The second-order valence-electron chi connectivity index (χ2n) is 6.50. The number of aromatic nitrogens is 3. The maximum Gasteiger partial charge on any atom is 0.274 e. The molecule has 0 saturated carbocycles. The molecule has 0 unspecified atom stereocenters. The summed E-state index contributed by atoms with van der Waals surface area (Å²) in [4.78, 5) is 24.9. The lowest BCUT2D eigenvalue weighted by atomic mass is 10.1. The van der Waals surface area contributed by atoms with Crippen LogP contribution in [-0.2, 0) is 17.8 Å². The molecule has 0 saturated heterocycles. The van der Waals surface area contributed by atoms with Crippen molar-refractivity contribution in [3.05, 3.63) is 77.6 Å². The first kappa shape index (κ1) is 17.0. The summed E-state index contributed by atoms with van der Waals surface area (Å²) in [5.74, 6) is -0.620. The molecule has 3 aromatic rings. The van der Waals surface area contributed by atoms with E-state index in [2.05, 4.69) is 20.9 Å². The number of aryl methyl sites for hydroxylation is 1. The van der Waals surface area contributed by atoms with Crippen molar-refractivity contribution < 1.29 is 9.59 Å². The average molecular weight is 361 g/mol. The summed E-state index contributed by atoms with van der Waals surface area (Å²) in [6, 6.07) is 16.9. The molecular weight excluding hydrogens is 342 g/mol. The van der Waals surface area contributed by atoms with E-state index in [-0.39, 0.29) is 11.6 Å². The van der Waals surface area contributed by atoms with Crippen molar-refractivity contribution in [1.29, 1.82) is 0 Å². The van der Waals surface area contributed by atoms with Gasteiger partial charge >= 0.3 is 0 Å². The van der Waals surface area contributed by atoms with Gasteiger partial charge in [0.05, 0.1) is 12.7 Å². The molecule has 2 aromatic carbocycles. The highest BCUT2D eigenvalue weighted by Crippen LogP contribution is 2.21. The minimum atomic E-state index is -0.607. The Morgan fingerprint density at radius 3 is 2.78 bits per heavy atom. The van der Waals surface area contributed by atoms with Gasteiger partial charge in [0.25, 0.3) is 5.91 Å². The largest absolute Gasteiger partial charge is 0.339 e. The predicted molar refractivity (Wildman–Crippen MR) is 100 cm³/mol. The van der Waals surface area contributed by atoms with Gasteiger partial charge in [-0.2, -0.15) is 0 Å². The van der Waals surface area contributed by atoms with Crippen LogP contribution < -0.4 is 10.6 Å². The van der Waals surface area contributed by atoms with Gasteiger partial charge in [-0.25, -0.2) is 4.68 Å². The second kappa shape index (κ2) is 7.41. The highest BCUT2D eigenvalue weighted by molar-refractivity contribution is 6.01. The minimum Gasteiger partial charge on any atom is -0.339 e. The van der Waals surface area contributed by atoms with Gasteiger partial charge in [-0.3, -0.25) is 9.59 Å². The number of amides is 2. The fraction of sp³-hybridized carbons (Fsp3) is 0.200. The van der Waals surface area contributed by atoms with Crippen molar-refractivity contribution in [2.24, 2.45) is 0 Å². The zero-order valence-electron chi connectivity index (χ0n) is 14.6. The van der Waals surface area contributed by atoms with Crippen LogP contribution in [0.5, 0.6) is 0 Å². The number of fused-ring (bicyclic) bond motifs is 1. The van der Waals surface area contributed by atoms with Crippen LogP contribution in [0.25, 0.3) is 0 Å².